The molecule has 2 rings (SSSR count). The third-order valence-electron chi connectivity index (χ3n) is 4.15. The Balaban J connectivity index is 1.91. The first-order valence-corrected chi connectivity index (χ1v) is 9.28. The van der Waals surface area contributed by atoms with Crippen molar-refractivity contribution in [1.82, 2.24) is 5.32 Å². The average molecular weight is 419 g/mol. The van der Waals surface area contributed by atoms with Crippen LogP contribution in [0.15, 0.2) is 46.9 Å². The second-order valence-electron chi connectivity index (χ2n) is 5.99. The SMILES string of the molecule is CCC(C)c1ccc(OCC(=O)Nc2ccc(C(=O)NC)cc2)c(Br)c1. The van der Waals surface area contributed by atoms with E-state index in [1.54, 1.807) is 31.3 Å². The minimum Gasteiger partial charge on any atom is -0.483 e. The van der Waals surface area contributed by atoms with Gasteiger partial charge in [-0.3, -0.25) is 9.59 Å². The number of hydrogen-bond donors (Lipinski definition) is 2. The van der Waals surface area contributed by atoms with Crippen LogP contribution in [-0.4, -0.2) is 25.5 Å². The van der Waals surface area contributed by atoms with E-state index in [2.05, 4.69) is 40.4 Å². The van der Waals surface area contributed by atoms with Gasteiger partial charge < -0.3 is 15.4 Å². The molecule has 2 N–H and O–H groups in total. The van der Waals surface area contributed by atoms with Crippen LogP contribution in [0, 0.1) is 0 Å². The summed E-state index contributed by atoms with van der Waals surface area (Å²) in [6.45, 7) is 4.22. The van der Waals surface area contributed by atoms with Crippen LogP contribution < -0.4 is 15.4 Å². The van der Waals surface area contributed by atoms with Crippen molar-refractivity contribution in [3.63, 3.8) is 0 Å². The molecule has 5 nitrogen and oxygen atoms in total. The topological polar surface area (TPSA) is 67.4 Å². The van der Waals surface area contributed by atoms with Crippen molar-refractivity contribution in [3.05, 3.63) is 58.1 Å². The molecule has 0 aliphatic rings. The molecule has 138 valence electrons. The molecule has 0 saturated heterocycles. The van der Waals surface area contributed by atoms with Gasteiger partial charge in [0.1, 0.15) is 5.75 Å². The molecule has 2 amide bonds. The van der Waals surface area contributed by atoms with E-state index in [4.69, 9.17) is 4.74 Å². The molecule has 0 aromatic heterocycles. The lowest BCUT2D eigenvalue weighted by Gasteiger charge is -2.13. The molecule has 0 fully saturated rings. The van der Waals surface area contributed by atoms with Gasteiger partial charge in [-0.25, -0.2) is 0 Å². The average Bonchev–Trinajstić information content (AvgIpc) is 2.66. The molecule has 0 spiro atoms. The van der Waals surface area contributed by atoms with Crippen molar-refractivity contribution in [1.29, 1.82) is 0 Å². The lowest BCUT2D eigenvalue weighted by atomic mass is 9.99. The summed E-state index contributed by atoms with van der Waals surface area (Å²) in [7, 11) is 1.57. The minimum atomic E-state index is -0.268. The van der Waals surface area contributed by atoms with Gasteiger partial charge in [-0.15, -0.1) is 0 Å². The zero-order valence-corrected chi connectivity index (χ0v) is 16.7. The van der Waals surface area contributed by atoms with Gasteiger partial charge in [0.15, 0.2) is 6.61 Å². The zero-order valence-electron chi connectivity index (χ0n) is 15.1. The van der Waals surface area contributed by atoms with E-state index in [-0.39, 0.29) is 18.4 Å². The molecule has 0 bridgehead atoms. The van der Waals surface area contributed by atoms with Crippen molar-refractivity contribution in [2.75, 3.05) is 19.0 Å². The number of halogens is 1. The Morgan fingerprint density at radius 2 is 1.85 bits per heavy atom. The molecule has 6 heteroatoms. The standard InChI is InChI=1S/C20H23BrN2O3/c1-4-13(2)15-7-10-18(17(21)11-15)26-12-19(24)23-16-8-5-14(6-9-16)20(25)22-3/h5-11,13H,4,12H2,1-3H3,(H,22,25)(H,23,24). The Labute approximate surface area is 162 Å². The normalized spacial score (nSPS) is 11.5. The highest BCUT2D eigenvalue weighted by atomic mass is 79.9. The Bertz CT molecular complexity index is 775. The summed E-state index contributed by atoms with van der Waals surface area (Å²) in [5.41, 5.74) is 2.37. The molecule has 0 saturated carbocycles. The zero-order chi connectivity index (χ0) is 19.1. The Kier molecular flexibility index (Phi) is 7.21. The summed E-state index contributed by atoms with van der Waals surface area (Å²) in [5, 5.41) is 5.29. The molecular formula is C20H23BrN2O3. The molecule has 26 heavy (non-hydrogen) atoms. The first kappa shape index (κ1) is 20.0. The van der Waals surface area contributed by atoms with Crippen LogP contribution in [-0.2, 0) is 4.79 Å². The number of benzene rings is 2. The maximum atomic E-state index is 12.1. The van der Waals surface area contributed by atoms with E-state index in [1.807, 2.05) is 18.2 Å². The highest BCUT2D eigenvalue weighted by Gasteiger charge is 2.10. The monoisotopic (exact) mass is 418 g/mol. The molecule has 2 aromatic rings. The summed E-state index contributed by atoms with van der Waals surface area (Å²) >= 11 is 3.50. The number of carbonyl (C=O) groups is 2. The van der Waals surface area contributed by atoms with E-state index >= 15 is 0 Å². The smallest absolute Gasteiger partial charge is 0.262 e. The van der Waals surface area contributed by atoms with Gasteiger partial charge >= 0.3 is 0 Å². The number of hydrogen-bond acceptors (Lipinski definition) is 3. The number of carbonyl (C=O) groups excluding carboxylic acids is 2. The van der Waals surface area contributed by atoms with Gasteiger partial charge in [-0.2, -0.15) is 0 Å². The fourth-order valence-corrected chi connectivity index (χ4v) is 2.88. The summed E-state index contributed by atoms with van der Waals surface area (Å²) in [6, 6.07) is 12.6. The molecule has 0 aliphatic heterocycles. The molecule has 0 aliphatic carbocycles. The van der Waals surface area contributed by atoms with Crippen molar-refractivity contribution in [2.24, 2.45) is 0 Å². The van der Waals surface area contributed by atoms with Crippen LogP contribution in [0.3, 0.4) is 0 Å². The van der Waals surface area contributed by atoms with Crippen LogP contribution in [0.2, 0.25) is 0 Å². The van der Waals surface area contributed by atoms with Gasteiger partial charge in [0.2, 0.25) is 0 Å². The van der Waals surface area contributed by atoms with E-state index in [1.165, 1.54) is 5.56 Å². The number of nitrogens with one attached hydrogen (secondary N) is 2. The van der Waals surface area contributed by atoms with Crippen molar-refractivity contribution in [2.45, 2.75) is 26.2 Å². The lowest BCUT2D eigenvalue weighted by molar-refractivity contribution is -0.118. The summed E-state index contributed by atoms with van der Waals surface area (Å²) in [6.07, 6.45) is 1.06. The van der Waals surface area contributed by atoms with E-state index in [0.717, 1.165) is 10.9 Å². The minimum absolute atomic E-state index is 0.0987. The lowest BCUT2D eigenvalue weighted by Crippen LogP contribution is -2.21. The fraction of sp³-hybridized carbons (Fsp3) is 0.300. The van der Waals surface area contributed by atoms with Crippen molar-refractivity contribution < 1.29 is 14.3 Å². The molecule has 1 atom stereocenters. The molecule has 2 aromatic carbocycles. The summed E-state index contributed by atoms with van der Waals surface area (Å²) < 4.78 is 6.43. The maximum Gasteiger partial charge on any atom is 0.262 e. The van der Waals surface area contributed by atoms with Gasteiger partial charge in [0.25, 0.3) is 11.8 Å². The quantitative estimate of drug-likeness (QED) is 0.702. The van der Waals surface area contributed by atoms with Crippen molar-refractivity contribution in [3.8, 4) is 5.75 Å². The van der Waals surface area contributed by atoms with E-state index in [0.29, 0.717) is 22.9 Å². The Hall–Kier alpha value is -2.34. The van der Waals surface area contributed by atoms with Crippen LogP contribution >= 0.6 is 15.9 Å². The first-order valence-electron chi connectivity index (χ1n) is 8.48. The third kappa shape index (κ3) is 5.33. The predicted octanol–water partition coefficient (Wildman–Crippen LogP) is 4.34. The number of amides is 2. The second-order valence-corrected chi connectivity index (χ2v) is 6.85. The fourth-order valence-electron chi connectivity index (χ4n) is 2.37. The summed E-state index contributed by atoms with van der Waals surface area (Å²) in [5.74, 6) is 0.663. The van der Waals surface area contributed by atoms with Crippen LogP contribution in [0.1, 0.15) is 42.1 Å². The van der Waals surface area contributed by atoms with Crippen LogP contribution in [0.25, 0.3) is 0 Å². The number of ether oxygens (including phenoxy) is 1. The van der Waals surface area contributed by atoms with Gasteiger partial charge in [0, 0.05) is 18.3 Å². The van der Waals surface area contributed by atoms with Gasteiger partial charge in [-0.05, 0) is 70.2 Å². The van der Waals surface area contributed by atoms with Gasteiger partial charge in [0.05, 0.1) is 4.47 Å². The molecular weight excluding hydrogens is 396 g/mol. The van der Waals surface area contributed by atoms with Crippen LogP contribution in [0.4, 0.5) is 5.69 Å². The third-order valence-corrected chi connectivity index (χ3v) is 4.77. The van der Waals surface area contributed by atoms with Gasteiger partial charge in [-0.1, -0.05) is 19.9 Å². The molecule has 0 heterocycles. The Morgan fingerprint density at radius 1 is 1.15 bits per heavy atom. The Morgan fingerprint density at radius 3 is 2.42 bits per heavy atom. The molecule has 0 radical (unpaired) electrons. The van der Waals surface area contributed by atoms with Crippen molar-refractivity contribution >= 4 is 33.4 Å². The maximum absolute atomic E-state index is 12.1. The summed E-state index contributed by atoms with van der Waals surface area (Å²) in [4.78, 5) is 23.6. The molecule has 1 unspecified atom stereocenters. The van der Waals surface area contributed by atoms with E-state index in [9.17, 15) is 9.59 Å². The largest absolute Gasteiger partial charge is 0.483 e. The second kappa shape index (κ2) is 9.38. The predicted molar refractivity (Wildman–Crippen MR) is 107 cm³/mol. The van der Waals surface area contributed by atoms with Crippen LogP contribution in [0.5, 0.6) is 5.75 Å². The highest BCUT2D eigenvalue weighted by molar-refractivity contribution is 9.10. The van der Waals surface area contributed by atoms with E-state index < -0.39 is 0 Å². The number of anilines is 1. The number of rotatable bonds is 7. The highest BCUT2D eigenvalue weighted by Crippen LogP contribution is 2.30. The first-order chi connectivity index (χ1) is 12.4.